The molecular formula is C15H21NO2. The largest absolute Gasteiger partial charge is 0.384 e. The van der Waals surface area contributed by atoms with Crippen LogP contribution in [0.2, 0.25) is 0 Å². The Bertz CT molecular complexity index is 461. The van der Waals surface area contributed by atoms with Crippen LogP contribution in [0.3, 0.4) is 0 Å². The van der Waals surface area contributed by atoms with Crippen molar-refractivity contribution in [3.05, 3.63) is 42.0 Å². The predicted octanol–water partition coefficient (Wildman–Crippen LogP) is 2.45. The molecule has 0 saturated carbocycles. The van der Waals surface area contributed by atoms with E-state index >= 15 is 0 Å². The number of hydrogen-bond donors (Lipinski definition) is 2. The van der Waals surface area contributed by atoms with Gasteiger partial charge in [0.05, 0.1) is 5.54 Å². The van der Waals surface area contributed by atoms with Crippen LogP contribution < -0.4 is 5.32 Å². The fourth-order valence-corrected chi connectivity index (χ4v) is 1.66. The number of rotatable bonds is 4. The number of allylic oxidation sites excluding steroid dienone is 1. The van der Waals surface area contributed by atoms with E-state index in [1.54, 1.807) is 0 Å². The molecule has 98 valence electrons. The fourth-order valence-electron chi connectivity index (χ4n) is 1.66. The zero-order valence-corrected chi connectivity index (χ0v) is 11.4. The van der Waals surface area contributed by atoms with Crippen LogP contribution in [0, 0.1) is 0 Å². The van der Waals surface area contributed by atoms with Crippen molar-refractivity contribution < 1.29 is 9.90 Å². The highest BCUT2D eigenvalue weighted by atomic mass is 16.3. The highest BCUT2D eigenvalue weighted by molar-refractivity contribution is 5.81. The first-order chi connectivity index (χ1) is 8.24. The summed E-state index contributed by atoms with van der Waals surface area (Å²) >= 11 is 0. The molecule has 0 fully saturated rings. The first kappa shape index (κ1) is 14.5. The van der Waals surface area contributed by atoms with Crippen LogP contribution in [0.25, 0.3) is 5.57 Å². The standard InChI is InChI=1S/C15H21NO2/c1-10(2)12-7-6-8-13(9-12)15(4,5)16-14(18)11(3)17/h6-9,11,17H,1H2,2-5H3,(H,16,18). The summed E-state index contributed by atoms with van der Waals surface area (Å²) in [7, 11) is 0. The number of hydrogen-bond acceptors (Lipinski definition) is 2. The monoisotopic (exact) mass is 247 g/mol. The van der Waals surface area contributed by atoms with Gasteiger partial charge in [0.2, 0.25) is 5.91 Å². The zero-order chi connectivity index (χ0) is 13.9. The van der Waals surface area contributed by atoms with Crippen molar-refractivity contribution in [2.24, 2.45) is 0 Å². The van der Waals surface area contributed by atoms with Gasteiger partial charge in [-0.2, -0.15) is 0 Å². The number of aliphatic hydroxyl groups is 1. The molecule has 0 spiro atoms. The third kappa shape index (κ3) is 3.44. The van der Waals surface area contributed by atoms with Crippen LogP contribution in [-0.2, 0) is 10.3 Å². The summed E-state index contributed by atoms with van der Waals surface area (Å²) in [6.45, 7) is 11.1. The maximum atomic E-state index is 11.6. The minimum Gasteiger partial charge on any atom is -0.384 e. The highest BCUT2D eigenvalue weighted by Crippen LogP contribution is 2.23. The molecule has 1 aromatic rings. The zero-order valence-electron chi connectivity index (χ0n) is 11.4. The number of nitrogens with one attached hydrogen (secondary N) is 1. The van der Waals surface area contributed by atoms with E-state index in [4.69, 9.17) is 0 Å². The first-order valence-electron chi connectivity index (χ1n) is 6.00. The molecule has 3 heteroatoms. The third-order valence-corrected chi connectivity index (χ3v) is 2.89. The number of amides is 1. The summed E-state index contributed by atoms with van der Waals surface area (Å²) < 4.78 is 0. The molecule has 0 aromatic heterocycles. The molecule has 0 aliphatic carbocycles. The number of carbonyl (C=O) groups is 1. The molecule has 1 rings (SSSR count). The van der Waals surface area contributed by atoms with E-state index in [2.05, 4.69) is 11.9 Å². The molecule has 0 saturated heterocycles. The summed E-state index contributed by atoms with van der Waals surface area (Å²) in [4.78, 5) is 11.6. The second-order valence-electron chi connectivity index (χ2n) is 5.15. The lowest BCUT2D eigenvalue weighted by atomic mass is 9.91. The van der Waals surface area contributed by atoms with Gasteiger partial charge < -0.3 is 10.4 Å². The minimum atomic E-state index is -1.01. The maximum Gasteiger partial charge on any atom is 0.249 e. The molecule has 0 heterocycles. The molecule has 1 aromatic carbocycles. The van der Waals surface area contributed by atoms with E-state index in [1.807, 2.05) is 45.0 Å². The van der Waals surface area contributed by atoms with Gasteiger partial charge in [0.25, 0.3) is 0 Å². The van der Waals surface area contributed by atoms with Crippen LogP contribution >= 0.6 is 0 Å². The molecule has 1 amide bonds. The topological polar surface area (TPSA) is 49.3 Å². The van der Waals surface area contributed by atoms with Crippen molar-refractivity contribution in [2.45, 2.75) is 39.3 Å². The van der Waals surface area contributed by atoms with Gasteiger partial charge in [0, 0.05) is 0 Å². The first-order valence-corrected chi connectivity index (χ1v) is 6.00. The fraction of sp³-hybridized carbons (Fsp3) is 0.400. The Kier molecular flexibility index (Phi) is 4.30. The average Bonchev–Trinajstić information content (AvgIpc) is 2.28. The SMILES string of the molecule is C=C(C)c1cccc(C(C)(C)NC(=O)C(C)O)c1. The highest BCUT2D eigenvalue weighted by Gasteiger charge is 2.24. The summed E-state index contributed by atoms with van der Waals surface area (Å²) in [6, 6.07) is 7.88. The van der Waals surface area contributed by atoms with Crippen LogP contribution in [0.15, 0.2) is 30.8 Å². The van der Waals surface area contributed by atoms with Crippen LogP contribution in [0.4, 0.5) is 0 Å². The second-order valence-corrected chi connectivity index (χ2v) is 5.15. The molecule has 0 bridgehead atoms. The van der Waals surface area contributed by atoms with E-state index in [-0.39, 0.29) is 5.91 Å². The molecule has 0 radical (unpaired) electrons. The molecule has 1 atom stereocenters. The molecule has 1 unspecified atom stereocenters. The Balaban J connectivity index is 3.01. The van der Waals surface area contributed by atoms with E-state index in [0.29, 0.717) is 0 Å². The van der Waals surface area contributed by atoms with Crippen LogP contribution in [-0.4, -0.2) is 17.1 Å². The van der Waals surface area contributed by atoms with Crippen molar-refractivity contribution in [1.82, 2.24) is 5.32 Å². The Labute approximate surface area is 109 Å². The van der Waals surface area contributed by atoms with Gasteiger partial charge in [-0.05, 0) is 44.9 Å². The van der Waals surface area contributed by atoms with Gasteiger partial charge in [-0.15, -0.1) is 0 Å². The lowest BCUT2D eigenvalue weighted by molar-refractivity contribution is -0.130. The number of aliphatic hydroxyl groups excluding tert-OH is 1. The van der Waals surface area contributed by atoms with E-state index in [1.165, 1.54) is 6.92 Å². The number of carbonyl (C=O) groups excluding carboxylic acids is 1. The Morgan fingerprint density at radius 2 is 2.06 bits per heavy atom. The Morgan fingerprint density at radius 1 is 1.44 bits per heavy atom. The third-order valence-electron chi connectivity index (χ3n) is 2.89. The lowest BCUT2D eigenvalue weighted by Gasteiger charge is -2.28. The van der Waals surface area contributed by atoms with Crippen molar-refractivity contribution in [3.8, 4) is 0 Å². The van der Waals surface area contributed by atoms with E-state index < -0.39 is 11.6 Å². The molecule has 3 nitrogen and oxygen atoms in total. The van der Waals surface area contributed by atoms with Gasteiger partial charge in [0.15, 0.2) is 0 Å². The maximum absolute atomic E-state index is 11.6. The minimum absolute atomic E-state index is 0.374. The van der Waals surface area contributed by atoms with Gasteiger partial charge in [-0.3, -0.25) is 4.79 Å². The van der Waals surface area contributed by atoms with Crippen LogP contribution in [0.5, 0.6) is 0 Å². The van der Waals surface area contributed by atoms with Crippen molar-refractivity contribution in [2.75, 3.05) is 0 Å². The average molecular weight is 247 g/mol. The summed E-state index contributed by atoms with van der Waals surface area (Å²) in [5.41, 5.74) is 2.48. The number of benzene rings is 1. The van der Waals surface area contributed by atoms with Crippen molar-refractivity contribution >= 4 is 11.5 Å². The summed E-state index contributed by atoms with van der Waals surface area (Å²) in [6.07, 6.45) is -1.01. The van der Waals surface area contributed by atoms with Crippen LogP contribution in [0.1, 0.15) is 38.8 Å². The quantitative estimate of drug-likeness (QED) is 0.858. The van der Waals surface area contributed by atoms with Gasteiger partial charge in [-0.25, -0.2) is 0 Å². The molecular weight excluding hydrogens is 226 g/mol. The summed E-state index contributed by atoms with van der Waals surface area (Å²) in [5, 5.41) is 12.1. The van der Waals surface area contributed by atoms with Gasteiger partial charge in [0.1, 0.15) is 6.10 Å². The summed E-state index contributed by atoms with van der Waals surface area (Å²) in [5.74, 6) is -0.374. The predicted molar refractivity (Wildman–Crippen MR) is 74.0 cm³/mol. The van der Waals surface area contributed by atoms with Gasteiger partial charge in [-0.1, -0.05) is 30.4 Å². The Morgan fingerprint density at radius 3 is 2.56 bits per heavy atom. The normalized spacial score (nSPS) is 12.9. The van der Waals surface area contributed by atoms with E-state index in [0.717, 1.165) is 16.7 Å². The second kappa shape index (κ2) is 5.36. The van der Waals surface area contributed by atoms with Crippen molar-refractivity contribution in [3.63, 3.8) is 0 Å². The lowest BCUT2D eigenvalue weighted by Crippen LogP contribution is -2.45. The smallest absolute Gasteiger partial charge is 0.249 e. The van der Waals surface area contributed by atoms with Gasteiger partial charge >= 0.3 is 0 Å². The molecule has 2 N–H and O–H groups in total. The molecule has 18 heavy (non-hydrogen) atoms. The van der Waals surface area contributed by atoms with Crippen molar-refractivity contribution in [1.29, 1.82) is 0 Å². The molecule has 0 aliphatic rings. The molecule has 0 aliphatic heterocycles. The Hall–Kier alpha value is -1.61. The van der Waals surface area contributed by atoms with E-state index in [9.17, 15) is 9.90 Å².